The van der Waals surface area contributed by atoms with E-state index in [1.807, 2.05) is 18.2 Å². The van der Waals surface area contributed by atoms with Crippen molar-refractivity contribution in [3.8, 4) is 0 Å². The maximum absolute atomic E-state index is 13.5. The average Bonchev–Trinajstić information content (AvgIpc) is 2.52. The summed E-state index contributed by atoms with van der Waals surface area (Å²) >= 11 is 0. The van der Waals surface area contributed by atoms with Gasteiger partial charge in [0.15, 0.2) is 0 Å². The van der Waals surface area contributed by atoms with Gasteiger partial charge in [0.2, 0.25) is 0 Å². The Morgan fingerprint density at radius 1 is 0.875 bits per heavy atom. The third-order valence-electron chi connectivity index (χ3n) is 3.29. The first-order valence-corrected chi connectivity index (χ1v) is 8.73. The van der Waals surface area contributed by atoms with E-state index < -0.39 is 11.9 Å². The topological polar surface area (TPSA) is 37.3 Å². The summed E-state index contributed by atoms with van der Waals surface area (Å²) in [6.45, 7) is 2.15. The van der Waals surface area contributed by atoms with Gasteiger partial charge in [0.05, 0.1) is 0 Å². The number of aliphatic carboxylic acids is 1. The van der Waals surface area contributed by atoms with Gasteiger partial charge < -0.3 is 5.11 Å². The minimum Gasteiger partial charge on any atom is -0.481 e. The van der Waals surface area contributed by atoms with E-state index in [1.165, 1.54) is 25.0 Å². The van der Waals surface area contributed by atoms with Gasteiger partial charge in [-0.25, -0.2) is 0 Å². The monoisotopic (exact) mass is 340 g/mol. The highest BCUT2D eigenvalue weighted by Gasteiger charge is 2.19. The molecule has 0 heterocycles. The van der Waals surface area contributed by atoms with E-state index in [-0.39, 0.29) is 6.42 Å². The molecule has 0 radical (unpaired) electrons. The maximum Gasteiger partial charge on any atom is 0.303 e. The molecule has 0 aromatic carbocycles. The molecule has 0 atom stereocenters. The second-order valence-electron chi connectivity index (χ2n) is 5.68. The smallest absolute Gasteiger partial charge is 0.303 e. The maximum atomic E-state index is 13.5. The molecule has 0 rings (SSSR count). The van der Waals surface area contributed by atoms with E-state index >= 15 is 0 Å². The second-order valence-corrected chi connectivity index (χ2v) is 5.68. The van der Waals surface area contributed by atoms with Crippen molar-refractivity contribution in [3.63, 3.8) is 0 Å². The second kappa shape index (κ2) is 14.9. The summed E-state index contributed by atoms with van der Waals surface area (Å²) in [5, 5.41) is 8.47. The number of carbonyl (C=O) groups is 1. The lowest BCUT2D eigenvalue weighted by Crippen LogP contribution is -2.06. The fourth-order valence-electron chi connectivity index (χ4n) is 1.97. The Hall–Kier alpha value is -1.71. The van der Waals surface area contributed by atoms with Gasteiger partial charge in [0, 0.05) is 6.42 Å². The summed E-state index contributed by atoms with van der Waals surface area (Å²) in [6, 6.07) is 0. The van der Waals surface area contributed by atoms with Gasteiger partial charge in [-0.3, -0.25) is 4.79 Å². The minimum atomic E-state index is -2.92. The number of unbranched alkanes of at least 4 members (excludes halogenated alkanes) is 4. The van der Waals surface area contributed by atoms with Crippen LogP contribution in [0, 0.1) is 0 Å². The predicted molar refractivity (Wildman–Crippen MR) is 96.4 cm³/mol. The number of carboxylic acid groups (broad SMARTS) is 1. The first-order valence-electron chi connectivity index (χ1n) is 8.73. The van der Waals surface area contributed by atoms with Gasteiger partial charge >= 0.3 is 5.97 Å². The van der Waals surface area contributed by atoms with Crippen LogP contribution < -0.4 is 0 Å². The van der Waals surface area contributed by atoms with Crippen molar-refractivity contribution < 1.29 is 18.7 Å². The predicted octanol–water partition coefficient (Wildman–Crippen LogP) is 6.46. The number of alkyl halides is 2. The van der Waals surface area contributed by atoms with Crippen molar-refractivity contribution in [1.82, 2.24) is 0 Å². The third kappa shape index (κ3) is 16.7. The molecule has 0 amide bonds. The summed E-state index contributed by atoms with van der Waals surface area (Å²) in [4.78, 5) is 10.3. The van der Waals surface area contributed by atoms with Crippen molar-refractivity contribution in [2.75, 3.05) is 0 Å². The molecule has 0 aliphatic carbocycles. The highest BCUT2D eigenvalue weighted by Crippen LogP contribution is 2.18. The Balaban J connectivity index is 3.87. The van der Waals surface area contributed by atoms with Crippen LogP contribution in [0.25, 0.3) is 0 Å². The standard InChI is InChI=1S/C20H30F2O2/c1-2-3-4-5-6-8-11-14-17-20(21,22)18-15-12-9-7-10-13-16-19(23)24/h6-9,14-15,17-18H,2-5,10-13,16H2,1H3,(H,23,24)/b8-6-,9-7-,17-14-,18-15-. The van der Waals surface area contributed by atoms with Gasteiger partial charge in [-0.1, -0.05) is 56.2 Å². The van der Waals surface area contributed by atoms with Crippen LogP contribution in [0.4, 0.5) is 8.78 Å². The molecule has 0 bridgehead atoms. The molecule has 0 aliphatic rings. The molecule has 136 valence electrons. The molecule has 24 heavy (non-hydrogen) atoms. The van der Waals surface area contributed by atoms with Crippen LogP contribution in [0.15, 0.2) is 48.6 Å². The molecule has 0 aromatic heterocycles. The number of rotatable bonds is 14. The van der Waals surface area contributed by atoms with Crippen LogP contribution in [0.5, 0.6) is 0 Å². The summed E-state index contributed by atoms with van der Waals surface area (Å²) in [7, 11) is 0. The molecule has 0 saturated heterocycles. The Morgan fingerprint density at radius 2 is 1.42 bits per heavy atom. The van der Waals surface area contributed by atoms with Gasteiger partial charge in [-0.15, -0.1) is 0 Å². The van der Waals surface area contributed by atoms with E-state index in [0.717, 1.165) is 25.0 Å². The highest BCUT2D eigenvalue weighted by atomic mass is 19.3. The molecule has 4 heteroatoms. The third-order valence-corrected chi connectivity index (χ3v) is 3.29. The molecule has 0 aromatic rings. The lowest BCUT2D eigenvalue weighted by atomic mass is 10.2. The Morgan fingerprint density at radius 3 is 1.92 bits per heavy atom. The van der Waals surface area contributed by atoms with Crippen LogP contribution in [-0.2, 0) is 4.79 Å². The van der Waals surface area contributed by atoms with Crippen LogP contribution in [0.3, 0.4) is 0 Å². The summed E-state index contributed by atoms with van der Waals surface area (Å²) in [6.07, 6.45) is 19.2. The molecule has 0 fully saturated rings. The van der Waals surface area contributed by atoms with Gasteiger partial charge in [-0.2, -0.15) is 8.78 Å². The zero-order chi connectivity index (χ0) is 18.1. The van der Waals surface area contributed by atoms with Gasteiger partial charge in [-0.05, 0) is 50.7 Å². The fourth-order valence-corrected chi connectivity index (χ4v) is 1.97. The van der Waals surface area contributed by atoms with E-state index in [4.69, 9.17) is 5.11 Å². The van der Waals surface area contributed by atoms with E-state index in [2.05, 4.69) is 6.92 Å². The Labute approximate surface area is 144 Å². The molecule has 2 nitrogen and oxygen atoms in total. The Bertz CT molecular complexity index is 435. The van der Waals surface area contributed by atoms with Crippen molar-refractivity contribution in [1.29, 1.82) is 0 Å². The molecule has 1 N–H and O–H groups in total. The molecule has 0 spiro atoms. The SMILES string of the molecule is CCCCC/C=C\C/C=C\C(F)(F)/C=C\C/C=C\CCCC(=O)O. The molecular formula is C20H30F2O2. The first kappa shape index (κ1) is 22.3. The largest absolute Gasteiger partial charge is 0.481 e. The highest BCUT2D eigenvalue weighted by molar-refractivity contribution is 5.66. The number of hydrogen-bond donors (Lipinski definition) is 1. The number of hydrogen-bond acceptors (Lipinski definition) is 1. The average molecular weight is 340 g/mol. The van der Waals surface area contributed by atoms with E-state index in [1.54, 1.807) is 6.08 Å². The fraction of sp³-hybridized carbons (Fsp3) is 0.550. The summed E-state index contributed by atoms with van der Waals surface area (Å²) in [5.74, 6) is -3.74. The van der Waals surface area contributed by atoms with Gasteiger partial charge in [0.1, 0.15) is 0 Å². The zero-order valence-corrected chi connectivity index (χ0v) is 14.6. The van der Waals surface area contributed by atoms with Crippen molar-refractivity contribution in [2.24, 2.45) is 0 Å². The lowest BCUT2D eigenvalue weighted by Gasteiger charge is -2.04. The summed E-state index contributed by atoms with van der Waals surface area (Å²) in [5.41, 5.74) is 0. The van der Waals surface area contributed by atoms with Gasteiger partial charge in [0.25, 0.3) is 5.92 Å². The Kier molecular flexibility index (Phi) is 13.8. The number of carboxylic acids is 1. The van der Waals surface area contributed by atoms with Crippen LogP contribution in [0.1, 0.15) is 64.7 Å². The van der Waals surface area contributed by atoms with Crippen molar-refractivity contribution in [2.45, 2.75) is 70.6 Å². The molecule has 0 unspecified atom stereocenters. The first-order chi connectivity index (χ1) is 11.5. The molecular weight excluding hydrogens is 310 g/mol. The number of allylic oxidation sites excluding steroid dienone is 8. The molecule has 0 saturated carbocycles. The lowest BCUT2D eigenvalue weighted by molar-refractivity contribution is -0.137. The minimum absolute atomic E-state index is 0.135. The van der Waals surface area contributed by atoms with Crippen LogP contribution in [-0.4, -0.2) is 17.0 Å². The van der Waals surface area contributed by atoms with E-state index in [0.29, 0.717) is 25.7 Å². The quantitative estimate of drug-likeness (QED) is 0.291. The van der Waals surface area contributed by atoms with Crippen molar-refractivity contribution in [3.05, 3.63) is 48.6 Å². The van der Waals surface area contributed by atoms with Crippen molar-refractivity contribution >= 4 is 5.97 Å². The van der Waals surface area contributed by atoms with Crippen LogP contribution >= 0.6 is 0 Å². The molecule has 0 aliphatic heterocycles. The zero-order valence-electron chi connectivity index (χ0n) is 14.6. The number of halogens is 2. The summed E-state index contributed by atoms with van der Waals surface area (Å²) < 4.78 is 27.1. The van der Waals surface area contributed by atoms with E-state index in [9.17, 15) is 13.6 Å². The normalized spacial score (nSPS) is 13.1. The van der Waals surface area contributed by atoms with Crippen LogP contribution in [0.2, 0.25) is 0 Å².